The molecule has 1 nitrogen and oxygen atoms in total. The fourth-order valence-corrected chi connectivity index (χ4v) is 1.64. The highest BCUT2D eigenvalue weighted by Crippen LogP contribution is 2.07. The quantitative estimate of drug-likeness (QED) is 0.639. The van der Waals surface area contributed by atoms with Crippen LogP contribution in [0.15, 0.2) is 49.6 Å². The number of rotatable bonds is 6. The Morgan fingerprint density at radius 3 is 2.40 bits per heavy atom. The summed E-state index contributed by atoms with van der Waals surface area (Å²) < 4.78 is 0. The topological polar surface area (TPSA) is 3.24 Å². The molecule has 0 aliphatic carbocycles. The lowest BCUT2D eigenvalue weighted by molar-refractivity contribution is 0.327. The second-order valence-electron chi connectivity index (χ2n) is 3.76. The van der Waals surface area contributed by atoms with Crippen molar-refractivity contribution >= 4 is 0 Å². The summed E-state index contributed by atoms with van der Waals surface area (Å²) in [4.78, 5) is 2.30. The summed E-state index contributed by atoms with van der Waals surface area (Å²) in [7, 11) is 0. The minimum atomic E-state index is 0.903. The Labute approximate surface area is 92.7 Å². The van der Waals surface area contributed by atoms with Gasteiger partial charge in [-0.1, -0.05) is 42.0 Å². The van der Waals surface area contributed by atoms with E-state index in [1.165, 1.54) is 11.1 Å². The van der Waals surface area contributed by atoms with E-state index in [2.05, 4.69) is 49.2 Å². The molecule has 0 saturated carbocycles. The van der Waals surface area contributed by atoms with E-state index in [1.807, 2.05) is 12.2 Å². The van der Waals surface area contributed by atoms with E-state index in [9.17, 15) is 0 Å². The van der Waals surface area contributed by atoms with Gasteiger partial charge in [-0.05, 0) is 12.5 Å². The van der Waals surface area contributed by atoms with Crippen LogP contribution in [0.3, 0.4) is 0 Å². The van der Waals surface area contributed by atoms with Crippen molar-refractivity contribution < 1.29 is 0 Å². The molecule has 0 bridgehead atoms. The van der Waals surface area contributed by atoms with Crippen molar-refractivity contribution in [2.75, 3.05) is 13.1 Å². The van der Waals surface area contributed by atoms with Gasteiger partial charge in [0.15, 0.2) is 0 Å². The first-order valence-electron chi connectivity index (χ1n) is 5.26. The minimum Gasteiger partial charge on any atom is -0.292 e. The highest BCUT2D eigenvalue weighted by atomic mass is 15.1. The molecule has 1 rings (SSSR count). The molecule has 0 aliphatic heterocycles. The molecule has 0 radical (unpaired) electrons. The zero-order valence-corrected chi connectivity index (χ0v) is 9.45. The lowest BCUT2D eigenvalue weighted by Crippen LogP contribution is -2.23. The summed E-state index contributed by atoms with van der Waals surface area (Å²) in [6.45, 7) is 12.4. The molecule has 0 amide bonds. The molecule has 0 spiro atoms. The second kappa shape index (κ2) is 6.20. The summed E-state index contributed by atoms with van der Waals surface area (Å²) in [5.41, 5.74) is 2.66. The van der Waals surface area contributed by atoms with Gasteiger partial charge >= 0.3 is 0 Å². The van der Waals surface area contributed by atoms with E-state index in [1.54, 1.807) is 0 Å². The average molecular weight is 201 g/mol. The summed E-state index contributed by atoms with van der Waals surface area (Å²) in [5.74, 6) is 0. The van der Waals surface area contributed by atoms with Crippen molar-refractivity contribution in [1.29, 1.82) is 0 Å². The van der Waals surface area contributed by atoms with Crippen LogP contribution >= 0.6 is 0 Å². The molecule has 0 aromatic heterocycles. The van der Waals surface area contributed by atoms with Crippen molar-refractivity contribution in [3.05, 3.63) is 60.7 Å². The zero-order chi connectivity index (χ0) is 11.1. The molecule has 0 atom stereocenters. The molecule has 0 fully saturated rings. The predicted octanol–water partition coefficient (Wildman–Crippen LogP) is 3.17. The molecular weight excluding hydrogens is 182 g/mol. The Hall–Kier alpha value is -1.34. The lowest BCUT2D eigenvalue weighted by atomic mass is 10.1. The molecule has 0 aliphatic rings. The number of hydrogen-bond donors (Lipinski definition) is 0. The van der Waals surface area contributed by atoms with Gasteiger partial charge in [0.25, 0.3) is 0 Å². The second-order valence-corrected chi connectivity index (χ2v) is 3.76. The van der Waals surface area contributed by atoms with E-state index in [0.29, 0.717) is 0 Å². The van der Waals surface area contributed by atoms with E-state index >= 15 is 0 Å². The lowest BCUT2D eigenvalue weighted by Gasteiger charge is -2.18. The van der Waals surface area contributed by atoms with Crippen LogP contribution in [0, 0.1) is 6.92 Å². The third-order valence-electron chi connectivity index (χ3n) is 2.26. The normalized spacial score (nSPS) is 10.3. The van der Waals surface area contributed by atoms with Gasteiger partial charge in [0.05, 0.1) is 0 Å². The first-order chi connectivity index (χ1) is 7.26. The number of benzene rings is 1. The maximum atomic E-state index is 3.77. The molecule has 1 aromatic rings. The number of aryl methyl sites for hydroxylation is 1. The fourth-order valence-electron chi connectivity index (χ4n) is 1.64. The predicted molar refractivity (Wildman–Crippen MR) is 66.9 cm³/mol. The Bertz CT molecular complexity index is 318. The smallest absolute Gasteiger partial charge is 0.0240 e. The van der Waals surface area contributed by atoms with Gasteiger partial charge < -0.3 is 0 Å². The third-order valence-corrected chi connectivity index (χ3v) is 2.26. The van der Waals surface area contributed by atoms with Crippen molar-refractivity contribution in [2.45, 2.75) is 13.5 Å². The Morgan fingerprint density at radius 1 is 1.20 bits per heavy atom. The van der Waals surface area contributed by atoms with E-state index < -0.39 is 0 Å². The molecule has 0 heterocycles. The molecule has 0 saturated heterocycles. The van der Waals surface area contributed by atoms with Crippen molar-refractivity contribution in [1.82, 2.24) is 4.90 Å². The average Bonchev–Trinajstić information content (AvgIpc) is 2.18. The minimum absolute atomic E-state index is 0.903. The largest absolute Gasteiger partial charge is 0.292 e. The van der Waals surface area contributed by atoms with E-state index in [0.717, 1.165) is 19.6 Å². The van der Waals surface area contributed by atoms with Crippen LogP contribution in [0.2, 0.25) is 0 Å². The Balaban J connectivity index is 2.64. The number of nitrogens with zero attached hydrogens (tertiary/aromatic N) is 1. The fraction of sp³-hybridized carbons (Fsp3) is 0.286. The van der Waals surface area contributed by atoms with Gasteiger partial charge in [0, 0.05) is 19.6 Å². The zero-order valence-electron chi connectivity index (χ0n) is 9.45. The molecule has 1 heteroatoms. The van der Waals surface area contributed by atoms with Gasteiger partial charge in [0.2, 0.25) is 0 Å². The van der Waals surface area contributed by atoms with Crippen molar-refractivity contribution in [2.24, 2.45) is 0 Å². The third kappa shape index (κ3) is 4.13. The van der Waals surface area contributed by atoms with Crippen LogP contribution in [0.1, 0.15) is 11.1 Å². The monoisotopic (exact) mass is 201 g/mol. The van der Waals surface area contributed by atoms with Crippen LogP contribution in [-0.2, 0) is 6.54 Å². The maximum absolute atomic E-state index is 3.77. The molecular formula is C14H19N. The molecule has 1 aromatic carbocycles. The van der Waals surface area contributed by atoms with Crippen LogP contribution in [-0.4, -0.2) is 18.0 Å². The summed E-state index contributed by atoms with van der Waals surface area (Å²) in [6.07, 6.45) is 3.86. The van der Waals surface area contributed by atoms with Crippen LogP contribution in [0.25, 0.3) is 0 Å². The van der Waals surface area contributed by atoms with Gasteiger partial charge in [-0.25, -0.2) is 0 Å². The molecule has 0 N–H and O–H groups in total. The van der Waals surface area contributed by atoms with Crippen molar-refractivity contribution in [3.8, 4) is 0 Å². The Kier molecular flexibility index (Phi) is 4.85. The molecule has 15 heavy (non-hydrogen) atoms. The van der Waals surface area contributed by atoms with Crippen LogP contribution in [0.5, 0.6) is 0 Å². The Morgan fingerprint density at radius 2 is 1.87 bits per heavy atom. The van der Waals surface area contributed by atoms with E-state index in [-0.39, 0.29) is 0 Å². The highest BCUT2D eigenvalue weighted by Gasteiger charge is 2.01. The standard InChI is InChI=1S/C14H19N/c1-4-9-15(10-5-2)12-14-8-6-7-13(3)11-14/h4-8,11H,1-2,9-10,12H2,3H3. The van der Waals surface area contributed by atoms with Crippen LogP contribution in [0.4, 0.5) is 0 Å². The molecule has 80 valence electrons. The summed E-state index contributed by atoms with van der Waals surface area (Å²) in [5, 5.41) is 0. The van der Waals surface area contributed by atoms with Crippen molar-refractivity contribution in [3.63, 3.8) is 0 Å². The first kappa shape index (κ1) is 11.7. The molecule has 0 unspecified atom stereocenters. The van der Waals surface area contributed by atoms with Crippen LogP contribution < -0.4 is 0 Å². The summed E-state index contributed by atoms with van der Waals surface area (Å²) >= 11 is 0. The van der Waals surface area contributed by atoms with Gasteiger partial charge in [0.1, 0.15) is 0 Å². The number of hydrogen-bond acceptors (Lipinski definition) is 1. The highest BCUT2D eigenvalue weighted by molar-refractivity contribution is 5.22. The van der Waals surface area contributed by atoms with Gasteiger partial charge in [-0.15, -0.1) is 13.2 Å². The first-order valence-corrected chi connectivity index (χ1v) is 5.26. The SMILES string of the molecule is C=CCN(CC=C)Cc1cccc(C)c1. The van der Waals surface area contributed by atoms with Gasteiger partial charge in [-0.3, -0.25) is 4.90 Å². The summed E-state index contributed by atoms with van der Waals surface area (Å²) in [6, 6.07) is 8.60. The maximum Gasteiger partial charge on any atom is 0.0240 e. The van der Waals surface area contributed by atoms with Gasteiger partial charge in [-0.2, -0.15) is 0 Å². The van der Waals surface area contributed by atoms with E-state index in [4.69, 9.17) is 0 Å².